The molecule has 1 aromatic carbocycles. The summed E-state index contributed by atoms with van der Waals surface area (Å²) >= 11 is 0. The predicted octanol–water partition coefficient (Wildman–Crippen LogP) is 3.19. The van der Waals surface area contributed by atoms with Gasteiger partial charge < -0.3 is 4.74 Å². The van der Waals surface area contributed by atoms with E-state index in [1.807, 2.05) is 36.4 Å². The molecule has 2 atom stereocenters. The zero-order chi connectivity index (χ0) is 11.7. The van der Waals surface area contributed by atoms with E-state index in [4.69, 9.17) is 4.74 Å². The van der Waals surface area contributed by atoms with E-state index in [9.17, 15) is 4.79 Å². The third-order valence-electron chi connectivity index (χ3n) is 3.70. The Bertz CT molecular complexity index is 447. The molecule has 2 nitrogen and oxygen atoms in total. The van der Waals surface area contributed by atoms with Crippen molar-refractivity contribution in [2.75, 3.05) is 0 Å². The lowest BCUT2D eigenvalue weighted by atomic mass is 9.79. The van der Waals surface area contributed by atoms with E-state index in [1.54, 1.807) is 0 Å². The zero-order valence-electron chi connectivity index (χ0n) is 9.76. The number of carbonyl (C=O) groups is 1. The molecule has 88 valence electrons. The summed E-state index contributed by atoms with van der Waals surface area (Å²) in [5.74, 6) is 0.310. The summed E-state index contributed by atoms with van der Waals surface area (Å²) in [4.78, 5) is 11.9. The second-order valence-electron chi connectivity index (χ2n) is 4.90. The van der Waals surface area contributed by atoms with Crippen LogP contribution in [-0.2, 0) is 9.53 Å². The topological polar surface area (TPSA) is 26.3 Å². The molecule has 17 heavy (non-hydrogen) atoms. The lowest BCUT2D eigenvalue weighted by Gasteiger charge is -2.35. The van der Waals surface area contributed by atoms with Crippen molar-refractivity contribution in [1.82, 2.24) is 0 Å². The summed E-state index contributed by atoms with van der Waals surface area (Å²) in [6.07, 6.45) is 6.54. The maximum absolute atomic E-state index is 11.9. The van der Waals surface area contributed by atoms with Gasteiger partial charge in [-0.1, -0.05) is 30.3 Å². The van der Waals surface area contributed by atoms with E-state index in [0.717, 1.165) is 30.4 Å². The fourth-order valence-electron chi connectivity index (χ4n) is 2.83. The molecule has 1 heterocycles. The largest absolute Gasteiger partial charge is 0.459 e. The van der Waals surface area contributed by atoms with Gasteiger partial charge in [-0.05, 0) is 43.2 Å². The lowest BCUT2D eigenvalue weighted by Crippen LogP contribution is -2.35. The van der Waals surface area contributed by atoms with Gasteiger partial charge in [-0.3, -0.25) is 0 Å². The number of rotatable bonds is 1. The van der Waals surface area contributed by atoms with Crippen LogP contribution in [0.4, 0.5) is 0 Å². The van der Waals surface area contributed by atoms with Gasteiger partial charge in [0, 0.05) is 5.57 Å². The highest BCUT2D eigenvalue weighted by molar-refractivity contribution is 5.95. The fourth-order valence-corrected chi connectivity index (χ4v) is 2.83. The van der Waals surface area contributed by atoms with Gasteiger partial charge in [0.25, 0.3) is 0 Å². The molecule has 0 aromatic heterocycles. The molecule has 1 aromatic rings. The van der Waals surface area contributed by atoms with Gasteiger partial charge in [-0.25, -0.2) is 4.79 Å². The molecule has 1 aliphatic carbocycles. The van der Waals surface area contributed by atoms with E-state index >= 15 is 0 Å². The Labute approximate surface area is 101 Å². The number of hydrogen-bond donors (Lipinski definition) is 0. The SMILES string of the molecule is O=C1OC2CCCC(C2)C1=Cc1ccccc1. The van der Waals surface area contributed by atoms with Crippen molar-refractivity contribution < 1.29 is 9.53 Å². The van der Waals surface area contributed by atoms with Gasteiger partial charge in [-0.2, -0.15) is 0 Å². The molecule has 2 unspecified atom stereocenters. The maximum Gasteiger partial charge on any atom is 0.334 e. The summed E-state index contributed by atoms with van der Waals surface area (Å²) in [5, 5.41) is 0. The van der Waals surface area contributed by atoms with Gasteiger partial charge in [0.15, 0.2) is 0 Å². The Kier molecular flexibility index (Phi) is 2.71. The molecule has 2 heteroatoms. The first-order valence-electron chi connectivity index (χ1n) is 6.30. The van der Waals surface area contributed by atoms with Gasteiger partial charge in [0.2, 0.25) is 0 Å². The molecule has 1 saturated carbocycles. The molecule has 0 spiro atoms. The van der Waals surface area contributed by atoms with Crippen molar-refractivity contribution in [2.45, 2.75) is 31.8 Å². The van der Waals surface area contributed by atoms with E-state index in [2.05, 4.69) is 0 Å². The molecule has 0 amide bonds. The third kappa shape index (κ3) is 2.12. The number of carbonyl (C=O) groups excluding carboxylic acids is 1. The van der Waals surface area contributed by atoms with Gasteiger partial charge in [0.1, 0.15) is 6.10 Å². The molecule has 3 rings (SSSR count). The molecule has 2 fully saturated rings. The van der Waals surface area contributed by atoms with Crippen LogP contribution in [0, 0.1) is 5.92 Å². The molecule has 2 aliphatic rings. The van der Waals surface area contributed by atoms with Crippen LogP contribution in [0.5, 0.6) is 0 Å². The minimum atomic E-state index is -0.102. The van der Waals surface area contributed by atoms with Crippen LogP contribution in [0.3, 0.4) is 0 Å². The molecular formula is C15H16O2. The highest BCUT2D eigenvalue weighted by Gasteiger charge is 2.35. The molecule has 0 radical (unpaired) electrons. The highest BCUT2D eigenvalue weighted by Crippen LogP contribution is 2.37. The Morgan fingerprint density at radius 1 is 1.18 bits per heavy atom. The van der Waals surface area contributed by atoms with Crippen molar-refractivity contribution in [2.24, 2.45) is 5.92 Å². The number of ether oxygens (including phenoxy) is 1. The highest BCUT2D eigenvalue weighted by atomic mass is 16.5. The number of benzene rings is 1. The molecular weight excluding hydrogens is 212 g/mol. The quantitative estimate of drug-likeness (QED) is 0.545. The van der Waals surface area contributed by atoms with Crippen LogP contribution in [0.25, 0.3) is 6.08 Å². The average molecular weight is 228 g/mol. The van der Waals surface area contributed by atoms with Crippen LogP contribution < -0.4 is 0 Å². The van der Waals surface area contributed by atoms with Crippen LogP contribution >= 0.6 is 0 Å². The Balaban J connectivity index is 1.91. The van der Waals surface area contributed by atoms with E-state index in [0.29, 0.717) is 5.92 Å². The summed E-state index contributed by atoms with van der Waals surface area (Å²) < 4.78 is 5.43. The van der Waals surface area contributed by atoms with E-state index in [-0.39, 0.29) is 12.1 Å². The normalized spacial score (nSPS) is 30.1. The van der Waals surface area contributed by atoms with Crippen molar-refractivity contribution in [3.63, 3.8) is 0 Å². The second-order valence-corrected chi connectivity index (χ2v) is 4.90. The second kappa shape index (κ2) is 4.36. The summed E-state index contributed by atoms with van der Waals surface area (Å²) in [6.45, 7) is 0. The monoisotopic (exact) mass is 228 g/mol. The number of fused-ring (bicyclic) bond motifs is 2. The van der Waals surface area contributed by atoms with Crippen molar-refractivity contribution in [3.8, 4) is 0 Å². The van der Waals surface area contributed by atoms with Crippen LogP contribution in [0.1, 0.15) is 31.2 Å². The zero-order valence-corrected chi connectivity index (χ0v) is 9.76. The minimum Gasteiger partial charge on any atom is -0.459 e. The smallest absolute Gasteiger partial charge is 0.334 e. The van der Waals surface area contributed by atoms with Crippen molar-refractivity contribution in [3.05, 3.63) is 41.5 Å². The summed E-state index contributed by atoms with van der Waals surface area (Å²) in [6, 6.07) is 10.0. The van der Waals surface area contributed by atoms with Gasteiger partial charge in [-0.15, -0.1) is 0 Å². The first-order chi connectivity index (χ1) is 8.33. The van der Waals surface area contributed by atoms with Crippen LogP contribution in [-0.4, -0.2) is 12.1 Å². The summed E-state index contributed by atoms with van der Waals surface area (Å²) in [5.41, 5.74) is 1.95. The summed E-state index contributed by atoms with van der Waals surface area (Å²) in [7, 11) is 0. The number of esters is 1. The van der Waals surface area contributed by atoms with Gasteiger partial charge in [0.05, 0.1) is 0 Å². The first kappa shape index (κ1) is 10.6. The minimum absolute atomic E-state index is 0.102. The predicted molar refractivity (Wildman–Crippen MR) is 66.3 cm³/mol. The standard InChI is InChI=1S/C15H16O2/c16-15-14(9-11-5-2-1-3-6-11)12-7-4-8-13(10-12)17-15/h1-3,5-6,9,12-13H,4,7-8,10H2. The molecule has 2 bridgehead atoms. The van der Waals surface area contributed by atoms with Crippen LogP contribution in [0.2, 0.25) is 0 Å². The Morgan fingerprint density at radius 3 is 2.82 bits per heavy atom. The van der Waals surface area contributed by atoms with E-state index in [1.165, 1.54) is 6.42 Å². The van der Waals surface area contributed by atoms with Gasteiger partial charge >= 0.3 is 5.97 Å². The lowest BCUT2D eigenvalue weighted by molar-refractivity contribution is -0.151. The van der Waals surface area contributed by atoms with Crippen LogP contribution in [0.15, 0.2) is 35.9 Å². The Morgan fingerprint density at radius 2 is 2.00 bits per heavy atom. The molecule has 1 aliphatic heterocycles. The van der Waals surface area contributed by atoms with Crippen molar-refractivity contribution in [1.29, 1.82) is 0 Å². The first-order valence-corrected chi connectivity index (χ1v) is 6.30. The molecule has 1 saturated heterocycles. The average Bonchev–Trinajstić information content (AvgIpc) is 2.36. The Hall–Kier alpha value is -1.57. The third-order valence-corrected chi connectivity index (χ3v) is 3.70. The fraction of sp³-hybridized carbons (Fsp3) is 0.400. The van der Waals surface area contributed by atoms with E-state index < -0.39 is 0 Å². The number of hydrogen-bond acceptors (Lipinski definition) is 2. The maximum atomic E-state index is 11.9. The van der Waals surface area contributed by atoms with Crippen molar-refractivity contribution >= 4 is 12.0 Å². The molecule has 0 N–H and O–H groups in total.